The largest absolute Gasteiger partial charge is 0.494 e. The van der Waals surface area contributed by atoms with Crippen LogP contribution in [0.25, 0.3) is 6.08 Å². The van der Waals surface area contributed by atoms with Crippen LogP contribution in [0.4, 0.5) is 0 Å². The summed E-state index contributed by atoms with van der Waals surface area (Å²) in [5.41, 5.74) is 3.29. The van der Waals surface area contributed by atoms with Crippen molar-refractivity contribution in [1.29, 1.82) is 0 Å². The van der Waals surface area contributed by atoms with E-state index >= 15 is 0 Å². The molecule has 5 rings (SSSR count). The van der Waals surface area contributed by atoms with Crippen LogP contribution in [-0.2, 0) is 16.1 Å². The van der Waals surface area contributed by atoms with Crippen LogP contribution in [0.3, 0.4) is 0 Å². The van der Waals surface area contributed by atoms with Gasteiger partial charge in [-0.3, -0.25) is 9.36 Å². The van der Waals surface area contributed by atoms with Crippen molar-refractivity contribution < 1.29 is 19.0 Å². The van der Waals surface area contributed by atoms with E-state index in [0.717, 1.165) is 21.2 Å². The Labute approximate surface area is 256 Å². The Morgan fingerprint density at radius 2 is 1.81 bits per heavy atom. The first-order chi connectivity index (χ1) is 20.2. The predicted octanol–water partition coefficient (Wildman–Crippen LogP) is 5.93. The molecule has 0 aliphatic carbocycles. The molecular formula is C33H31BrN2O5S. The first-order valence-electron chi connectivity index (χ1n) is 13.7. The van der Waals surface area contributed by atoms with Crippen LogP contribution in [0.5, 0.6) is 11.5 Å². The third kappa shape index (κ3) is 6.42. The number of rotatable bonds is 9. The van der Waals surface area contributed by atoms with E-state index in [1.165, 1.54) is 11.3 Å². The zero-order valence-electron chi connectivity index (χ0n) is 23.8. The maximum absolute atomic E-state index is 13.9. The zero-order chi connectivity index (χ0) is 29.8. The van der Waals surface area contributed by atoms with Gasteiger partial charge in [-0.05, 0) is 90.7 Å². The fraction of sp³-hybridized carbons (Fsp3) is 0.242. The Morgan fingerprint density at radius 3 is 2.48 bits per heavy atom. The fourth-order valence-corrected chi connectivity index (χ4v) is 6.26. The lowest BCUT2D eigenvalue weighted by atomic mass is 9.96. The number of aromatic nitrogens is 1. The summed E-state index contributed by atoms with van der Waals surface area (Å²) in [4.78, 5) is 32.4. The Balaban J connectivity index is 1.53. The predicted molar refractivity (Wildman–Crippen MR) is 168 cm³/mol. The van der Waals surface area contributed by atoms with Crippen molar-refractivity contribution in [3.63, 3.8) is 0 Å². The molecule has 0 spiro atoms. The van der Waals surface area contributed by atoms with Gasteiger partial charge in [0.25, 0.3) is 5.56 Å². The number of hydrogen-bond donors (Lipinski definition) is 0. The zero-order valence-corrected chi connectivity index (χ0v) is 26.2. The van der Waals surface area contributed by atoms with Crippen molar-refractivity contribution in [3.05, 3.63) is 125 Å². The summed E-state index contributed by atoms with van der Waals surface area (Å²) in [5, 5.41) is 0. The highest BCUT2D eigenvalue weighted by molar-refractivity contribution is 9.10. The van der Waals surface area contributed by atoms with E-state index in [0.29, 0.717) is 45.3 Å². The monoisotopic (exact) mass is 646 g/mol. The second-order valence-electron chi connectivity index (χ2n) is 10.0. The molecule has 0 amide bonds. The number of nitrogens with zero attached hydrogens (tertiary/aromatic N) is 2. The van der Waals surface area contributed by atoms with Gasteiger partial charge in [-0.15, -0.1) is 0 Å². The number of ether oxygens (including phenoxy) is 3. The normalized spacial score (nSPS) is 14.9. The molecule has 0 saturated heterocycles. The summed E-state index contributed by atoms with van der Waals surface area (Å²) in [6.07, 6.45) is 1.51. The summed E-state index contributed by atoms with van der Waals surface area (Å²) < 4.78 is 20.0. The van der Waals surface area contributed by atoms with E-state index in [-0.39, 0.29) is 11.7 Å². The number of halogens is 1. The number of carbonyl (C=O) groups excluding carboxylic acids is 1. The van der Waals surface area contributed by atoms with Crippen LogP contribution >= 0.6 is 27.3 Å². The molecule has 1 aliphatic rings. The van der Waals surface area contributed by atoms with Gasteiger partial charge in [0.15, 0.2) is 4.80 Å². The van der Waals surface area contributed by atoms with Crippen LogP contribution in [-0.4, -0.2) is 23.2 Å². The molecule has 1 aliphatic heterocycles. The average Bonchev–Trinajstić information content (AvgIpc) is 3.26. The lowest BCUT2D eigenvalue weighted by molar-refractivity contribution is -0.143. The van der Waals surface area contributed by atoms with Crippen LogP contribution in [0.15, 0.2) is 98.3 Å². The lowest BCUT2D eigenvalue weighted by Crippen LogP contribution is -2.40. The van der Waals surface area contributed by atoms with E-state index in [9.17, 15) is 9.59 Å². The molecule has 42 heavy (non-hydrogen) atoms. The molecule has 0 bridgehead atoms. The summed E-state index contributed by atoms with van der Waals surface area (Å²) in [6, 6.07) is 22.4. The molecule has 3 aromatic carbocycles. The first-order valence-corrected chi connectivity index (χ1v) is 15.3. The minimum atomic E-state index is -0.689. The summed E-state index contributed by atoms with van der Waals surface area (Å²) in [6.45, 7) is 8.28. The number of fused-ring (bicyclic) bond motifs is 1. The standard InChI is InChI=1S/C33H31BrN2O5S/c1-5-39-25-14-12-24(13-15-25)30-29(32(38)41-20(2)3)21(4)35-33-36(30)31(37)28(42-33)18-23-11-16-27(26(34)17-23)40-19-22-9-7-6-8-10-22/h6-18,20,30H,5,19H2,1-4H3/b28-18+/t30-/m0/s1. The van der Waals surface area contributed by atoms with Crippen molar-refractivity contribution in [2.75, 3.05) is 6.61 Å². The minimum Gasteiger partial charge on any atom is -0.494 e. The van der Waals surface area contributed by atoms with E-state index in [4.69, 9.17) is 14.2 Å². The van der Waals surface area contributed by atoms with Crippen LogP contribution in [0, 0.1) is 0 Å². The smallest absolute Gasteiger partial charge is 0.338 e. The quantitative estimate of drug-likeness (QED) is 0.211. The van der Waals surface area contributed by atoms with Gasteiger partial charge in [0.2, 0.25) is 0 Å². The van der Waals surface area contributed by atoms with Crippen LogP contribution in [0.1, 0.15) is 50.4 Å². The molecule has 2 heterocycles. The number of benzene rings is 3. The summed E-state index contributed by atoms with van der Waals surface area (Å²) in [5.74, 6) is 0.925. The molecule has 0 N–H and O–H groups in total. The number of thiazole rings is 1. The second kappa shape index (κ2) is 12.9. The highest BCUT2D eigenvalue weighted by Crippen LogP contribution is 2.32. The molecule has 1 atom stereocenters. The van der Waals surface area contributed by atoms with E-state index in [1.54, 1.807) is 25.3 Å². The lowest BCUT2D eigenvalue weighted by Gasteiger charge is -2.25. The molecule has 0 unspecified atom stereocenters. The van der Waals surface area contributed by atoms with Crippen molar-refractivity contribution in [2.45, 2.75) is 46.4 Å². The number of esters is 1. The Morgan fingerprint density at radius 1 is 1.07 bits per heavy atom. The van der Waals surface area contributed by atoms with Gasteiger partial charge < -0.3 is 14.2 Å². The van der Waals surface area contributed by atoms with Gasteiger partial charge >= 0.3 is 5.97 Å². The van der Waals surface area contributed by atoms with E-state index < -0.39 is 12.0 Å². The second-order valence-corrected chi connectivity index (χ2v) is 11.9. The van der Waals surface area contributed by atoms with Crippen molar-refractivity contribution >= 4 is 39.3 Å². The summed E-state index contributed by atoms with van der Waals surface area (Å²) >= 11 is 4.89. The molecule has 0 fully saturated rings. The maximum atomic E-state index is 13.9. The third-order valence-corrected chi connectivity index (χ3v) is 8.18. The molecule has 216 valence electrons. The average molecular weight is 648 g/mol. The molecule has 1 aromatic heterocycles. The van der Waals surface area contributed by atoms with E-state index in [1.807, 2.05) is 85.8 Å². The van der Waals surface area contributed by atoms with Gasteiger partial charge in [-0.25, -0.2) is 9.79 Å². The molecular weight excluding hydrogens is 616 g/mol. The SMILES string of the molecule is CCOc1ccc([C@H]2C(C(=O)OC(C)C)=C(C)N=c3s/c(=C/c4ccc(OCc5ccccc5)c(Br)c4)c(=O)n32)cc1. The Hall–Kier alpha value is -3.95. The number of hydrogen-bond acceptors (Lipinski definition) is 7. The van der Waals surface area contributed by atoms with Gasteiger partial charge in [-0.2, -0.15) is 0 Å². The Kier molecular flexibility index (Phi) is 9.09. The van der Waals surface area contributed by atoms with Crippen molar-refractivity contribution in [3.8, 4) is 11.5 Å². The summed E-state index contributed by atoms with van der Waals surface area (Å²) in [7, 11) is 0. The third-order valence-electron chi connectivity index (χ3n) is 6.58. The fourth-order valence-electron chi connectivity index (χ4n) is 4.70. The topological polar surface area (TPSA) is 79.1 Å². The molecule has 4 aromatic rings. The van der Waals surface area contributed by atoms with Crippen LogP contribution in [0.2, 0.25) is 0 Å². The first kappa shape index (κ1) is 29.5. The maximum Gasteiger partial charge on any atom is 0.338 e. The minimum absolute atomic E-state index is 0.236. The molecule has 0 saturated carbocycles. The number of carbonyl (C=O) groups is 1. The van der Waals surface area contributed by atoms with Crippen molar-refractivity contribution in [2.24, 2.45) is 4.99 Å². The highest BCUT2D eigenvalue weighted by Gasteiger charge is 2.33. The number of allylic oxidation sites excluding steroid dienone is 1. The Bertz CT molecular complexity index is 1810. The van der Waals surface area contributed by atoms with Gasteiger partial charge in [-0.1, -0.05) is 59.9 Å². The molecule has 9 heteroatoms. The van der Waals surface area contributed by atoms with Crippen molar-refractivity contribution in [1.82, 2.24) is 4.57 Å². The van der Waals surface area contributed by atoms with Gasteiger partial charge in [0.05, 0.1) is 39.0 Å². The highest BCUT2D eigenvalue weighted by atomic mass is 79.9. The van der Waals surface area contributed by atoms with Crippen LogP contribution < -0.4 is 24.4 Å². The molecule has 7 nitrogen and oxygen atoms in total. The van der Waals surface area contributed by atoms with Gasteiger partial charge in [0, 0.05) is 0 Å². The molecule has 0 radical (unpaired) electrons. The van der Waals surface area contributed by atoms with Gasteiger partial charge in [0.1, 0.15) is 18.1 Å². The van der Waals surface area contributed by atoms with E-state index in [2.05, 4.69) is 20.9 Å².